The summed E-state index contributed by atoms with van der Waals surface area (Å²) in [5.74, 6) is 1.74. The van der Waals surface area contributed by atoms with Gasteiger partial charge in [0.15, 0.2) is 5.82 Å². The minimum atomic E-state index is 0.149. The highest BCUT2D eigenvalue weighted by Gasteiger charge is 2.16. The van der Waals surface area contributed by atoms with E-state index in [0.29, 0.717) is 17.6 Å². The Kier molecular flexibility index (Phi) is 3.49. The molecule has 0 aliphatic carbocycles. The quantitative estimate of drug-likeness (QED) is 0.600. The molecular formula is C18H17N5O. The Morgan fingerprint density at radius 1 is 1.12 bits per heavy atom. The van der Waals surface area contributed by atoms with Gasteiger partial charge in [-0.05, 0) is 30.2 Å². The first kappa shape index (κ1) is 14.4. The molecule has 2 aromatic heterocycles. The molecule has 0 fully saturated rings. The minimum Gasteiger partial charge on any atom is -0.420 e. The van der Waals surface area contributed by atoms with Gasteiger partial charge in [-0.2, -0.15) is 5.10 Å². The smallest absolute Gasteiger partial charge is 0.247 e. The van der Waals surface area contributed by atoms with Crippen molar-refractivity contribution < 1.29 is 4.42 Å². The second-order valence-corrected chi connectivity index (χ2v) is 5.91. The summed E-state index contributed by atoms with van der Waals surface area (Å²) in [5.41, 5.74) is 8.82. The summed E-state index contributed by atoms with van der Waals surface area (Å²) in [6.07, 6.45) is 0.857. The van der Waals surface area contributed by atoms with Crippen LogP contribution in [0.4, 0.5) is 5.82 Å². The Labute approximate surface area is 138 Å². The van der Waals surface area contributed by atoms with E-state index in [1.165, 1.54) is 5.56 Å². The van der Waals surface area contributed by atoms with Gasteiger partial charge in [0.2, 0.25) is 11.8 Å². The maximum Gasteiger partial charge on any atom is 0.247 e. The van der Waals surface area contributed by atoms with Gasteiger partial charge in [-0.15, -0.1) is 10.2 Å². The predicted octanol–water partition coefficient (Wildman–Crippen LogP) is 3.54. The van der Waals surface area contributed by atoms with Crippen molar-refractivity contribution in [1.29, 1.82) is 0 Å². The number of benzene rings is 2. The van der Waals surface area contributed by atoms with E-state index in [2.05, 4.69) is 39.5 Å². The van der Waals surface area contributed by atoms with Crippen LogP contribution in [0.5, 0.6) is 0 Å². The van der Waals surface area contributed by atoms with Crippen LogP contribution in [0.25, 0.3) is 22.4 Å². The van der Waals surface area contributed by atoms with E-state index in [0.717, 1.165) is 22.9 Å². The molecule has 4 aromatic rings. The number of hydrogen-bond donors (Lipinski definition) is 2. The van der Waals surface area contributed by atoms with Crippen LogP contribution in [-0.2, 0) is 6.42 Å². The van der Waals surface area contributed by atoms with E-state index >= 15 is 0 Å². The zero-order chi connectivity index (χ0) is 16.5. The topological polar surface area (TPSA) is 93.6 Å². The van der Waals surface area contributed by atoms with Crippen LogP contribution < -0.4 is 5.73 Å². The molecule has 0 saturated carbocycles. The van der Waals surface area contributed by atoms with E-state index in [4.69, 9.17) is 10.2 Å². The first-order chi connectivity index (χ1) is 11.7. The summed E-state index contributed by atoms with van der Waals surface area (Å²) < 4.78 is 5.88. The summed E-state index contributed by atoms with van der Waals surface area (Å²) in [7, 11) is 0. The van der Waals surface area contributed by atoms with Crippen LogP contribution in [0.15, 0.2) is 52.9 Å². The fraction of sp³-hybridized carbons (Fsp3) is 0.167. The predicted molar refractivity (Wildman–Crippen MR) is 92.4 cm³/mol. The second kappa shape index (κ2) is 5.81. The molecule has 6 heteroatoms. The van der Waals surface area contributed by atoms with Gasteiger partial charge in [0, 0.05) is 16.9 Å². The molecule has 0 unspecified atom stereocenters. The zero-order valence-corrected chi connectivity index (χ0v) is 13.2. The molecule has 6 nitrogen and oxygen atoms in total. The normalized spacial score (nSPS) is 12.5. The fourth-order valence-electron chi connectivity index (χ4n) is 2.77. The van der Waals surface area contributed by atoms with Crippen molar-refractivity contribution in [2.24, 2.45) is 0 Å². The molecule has 0 radical (unpaired) electrons. The van der Waals surface area contributed by atoms with Gasteiger partial charge in [-0.1, -0.05) is 37.3 Å². The van der Waals surface area contributed by atoms with Gasteiger partial charge >= 0.3 is 0 Å². The van der Waals surface area contributed by atoms with Crippen molar-refractivity contribution >= 4 is 16.7 Å². The van der Waals surface area contributed by atoms with E-state index in [1.54, 1.807) is 0 Å². The van der Waals surface area contributed by atoms with Crippen LogP contribution in [0, 0.1) is 0 Å². The van der Waals surface area contributed by atoms with Crippen molar-refractivity contribution in [1.82, 2.24) is 20.4 Å². The standard InChI is InChI=1S/C18H17N5O/c1-11(9-12-5-3-2-4-6-12)17-22-23-18(24-17)13-7-8-15-14(10-13)16(19)21-20-15/h2-8,10-11H,9H2,1H3,(H3,19,20,21)/t11-/m0/s1. The van der Waals surface area contributed by atoms with Crippen LogP contribution in [0.3, 0.4) is 0 Å². The average molecular weight is 319 g/mol. The van der Waals surface area contributed by atoms with Gasteiger partial charge in [0.05, 0.1) is 5.52 Å². The van der Waals surface area contributed by atoms with Crippen LogP contribution in [0.1, 0.15) is 24.3 Å². The van der Waals surface area contributed by atoms with Crippen LogP contribution in [0.2, 0.25) is 0 Å². The molecule has 0 saturated heterocycles. The number of anilines is 1. The molecular weight excluding hydrogens is 302 g/mol. The van der Waals surface area contributed by atoms with Gasteiger partial charge < -0.3 is 10.2 Å². The third-order valence-corrected chi connectivity index (χ3v) is 4.09. The summed E-state index contributed by atoms with van der Waals surface area (Å²) >= 11 is 0. The van der Waals surface area contributed by atoms with Crippen molar-refractivity contribution in [2.75, 3.05) is 5.73 Å². The lowest BCUT2D eigenvalue weighted by molar-refractivity contribution is 0.466. The number of rotatable bonds is 4. The fourth-order valence-corrected chi connectivity index (χ4v) is 2.77. The maximum absolute atomic E-state index is 5.88. The highest BCUT2D eigenvalue weighted by Crippen LogP contribution is 2.27. The molecule has 120 valence electrons. The zero-order valence-electron chi connectivity index (χ0n) is 13.2. The third kappa shape index (κ3) is 2.62. The van der Waals surface area contributed by atoms with Crippen LogP contribution in [-0.4, -0.2) is 20.4 Å². The summed E-state index contributed by atoms with van der Waals surface area (Å²) in [5, 5.41) is 16.1. The molecule has 1 atom stereocenters. The number of H-pyrrole nitrogens is 1. The Morgan fingerprint density at radius 3 is 2.79 bits per heavy atom. The second-order valence-electron chi connectivity index (χ2n) is 5.91. The number of fused-ring (bicyclic) bond motifs is 1. The molecule has 2 aromatic carbocycles. The van der Waals surface area contributed by atoms with Crippen molar-refractivity contribution in [3.8, 4) is 11.5 Å². The number of nitrogens with zero attached hydrogens (tertiary/aromatic N) is 3. The third-order valence-electron chi connectivity index (χ3n) is 4.09. The number of nitrogens with two attached hydrogens (primary N) is 1. The highest BCUT2D eigenvalue weighted by atomic mass is 16.4. The molecule has 0 amide bonds. The van der Waals surface area contributed by atoms with E-state index in [1.807, 2.05) is 36.4 Å². The summed E-state index contributed by atoms with van der Waals surface area (Å²) in [6.45, 7) is 2.08. The Bertz CT molecular complexity index is 973. The Balaban J connectivity index is 1.60. The molecule has 0 spiro atoms. The van der Waals surface area contributed by atoms with Gasteiger partial charge in [-0.25, -0.2) is 0 Å². The number of aromatic amines is 1. The minimum absolute atomic E-state index is 0.149. The lowest BCUT2D eigenvalue weighted by atomic mass is 10.0. The largest absolute Gasteiger partial charge is 0.420 e. The van der Waals surface area contributed by atoms with E-state index in [-0.39, 0.29) is 5.92 Å². The first-order valence-corrected chi connectivity index (χ1v) is 7.82. The molecule has 0 bridgehead atoms. The van der Waals surface area contributed by atoms with Crippen molar-refractivity contribution in [3.05, 3.63) is 60.0 Å². The van der Waals surface area contributed by atoms with E-state index in [9.17, 15) is 0 Å². The first-order valence-electron chi connectivity index (χ1n) is 7.82. The van der Waals surface area contributed by atoms with Gasteiger partial charge in [-0.3, -0.25) is 5.10 Å². The number of hydrogen-bond acceptors (Lipinski definition) is 5. The van der Waals surface area contributed by atoms with Gasteiger partial charge in [0.1, 0.15) is 0 Å². The van der Waals surface area contributed by atoms with Crippen LogP contribution >= 0.6 is 0 Å². The molecule has 4 rings (SSSR count). The maximum atomic E-state index is 5.88. The monoisotopic (exact) mass is 319 g/mol. The lowest BCUT2D eigenvalue weighted by Crippen LogP contribution is -1.98. The Hall–Kier alpha value is -3.15. The number of nitrogen functional groups attached to an aromatic ring is 1. The molecule has 0 aliphatic rings. The highest BCUT2D eigenvalue weighted by molar-refractivity contribution is 5.91. The molecule has 0 aliphatic heterocycles. The molecule has 2 heterocycles. The summed E-state index contributed by atoms with van der Waals surface area (Å²) in [6, 6.07) is 16.0. The number of aromatic nitrogens is 4. The molecule has 24 heavy (non-hydrogen) atoms. The molecule has 3 N–H and O–H groups in total. The van der Waals surface area contributed by atoms with Crippen molar-refractivity contribution in [3.63, 3.8) is 0 Å². The SMILES string of the molecule is C[C@@H](Cc1ccccc1)c1nnc(-c2ccc3[nH]nc(N)c3c2)o1. The average Bonchev–Trinajstić information content (AvgIpc) is 3.23. The Morgan fingerprint density at radius 2 is 1.96 bits per heavy atom. The van der Waals surface area contributed by atoms with Gasteiger partial charge in [0.25, 0.3) is 0 Å². The van der Waals surface area contributed by atoms with Crippen molar-refractivity contribution in [2.45, 2.75) is 19.3 Å². The lowest BCUT2D eigenvalue weighted by Gasteiger charge is -2.06. The van der Waals surface area contributed by atoms with E-state index < -0.39 is 0 Å². The number of nitrogens with one attached hydrogen (secondary N) is 1. The summed E-state index contributed by atoms with van der Waals surface area (Å²) in [4.78, 5) is 0.